The number of methoxy groups -OCH3 is 2. The van der Waals surface area contributed by atoms with Crippen molar-refractivity contribution in [2.75, 3.05) is 20.9 Å². The molecule has 0 radical (unpaired) electrons. The van der Waals surface area contributed by atoms with Crippen LogP contribution < -0.4 is 21.3 Å². The zero-order valence-electron chi connectivity index (χ0n) is 26.5. The van der Waals surface area contributed by atoms with Gasteiger partial charge in [0.15, 0.2) is 5.78 Å². The summed E-state index contributed by atoms with van der Waals surface area (Å²) in [5.74, 6) is -5.85. The van der Waals surface area contributed by atoms with Gasteiger partial charge in [-0.1, -0.05) is 44.2 Å². The van der Waals surface area contributed by atoms with Crippen molar-refractivity contribution in [2.24, 2.45) is 5.92 Å². The lowest BCUT2D eigenvalue weighted by molar-refractivity contribution is -0.144. The van der Waals surface area contributed by atoms with E-state index in [4.69, 9.17) is 4.74 Å². The molecule has 0 fully saturated rings. The van der Waals surface area contributed by atoms with Gasteiger partial charge in [0.05, 0.1) is 26.7 Å². The fourth-order valence-electron chi connectivity index (χ4n) is 4.02. The highest BCUT2D eigenvalue weighted by atomic mass is 19.1. The molecule has 1 rings (SSSR count). The lowest BCUT2D eigenvalue weighted by Crippen LogP contribution is -2.60. The number of hydrogen-bond donors (Lipinski definition) is 5. The second-order valence-electron chi connectivity index (χ2n) is 10.7. The van der Waals surface area contributed by atoms with Crippen LogP contribution in [0, 0.1) is 5.92 Å². The zero-order valence-corrected chi connectivity index (χ0v) is 26.5. The van der Waals surface area contributed by atoms with Crippen LogP contribution in [-0.2, 0) is 49.6 Å². The Bertz CT molecular complexity index is 1200. The minimum atomic E-state index is -1.74. The fraction of sp³-hybridized carbons (Fsp3) is 0.567. The van der Waals surface area contributed by atoms with Crippen LogP contribution >= 0.6 is 0 Å². The van der Waals surface area contributed by atoms with E-state index in [9.17, 15) is 43.1 Å². The van der Waals surface area contributed by atoms with Crippen LogP contribution in [0.3, 0.4) is 0 Å². The van der Waals surface area contributed by atoms with Gasteiger partial charge in [0.25, 0.3) is 0 Å². The average molecular weight is 655 g/mol. The number of alkyl carbamates (subject to hydrolysis) is 1. The highest BCUT2D eigenvalue weighted by Gasteiger charge is 2.34. The smallest absolute Gasteiger partial charge is 0.408 e. The number of rotatable bonds is 19. The highest BCUT2D eigenvalue weighted by Crippen LogP contribution is 2.10. The first-order valence-electron chi connectivity index (χ1n) is 14.5. The Morgan fingerprint density at radius 2 is 1.37 bits per heavy atom. The van der Waals surface area contributed by atoms with E-state index in [0.717, 1.165) is 21.1 Å². The van der Waals surface area contributed by atoms with Crippen molar-refractivity contribution in [1.29, 1.82) is 0 Å². The number of halogens is 1. The van der Waals surface area contributed by atoms with Gasteiger partial charge in [0, 0.05) is 6.42 Å². The average Bonchev–Trinajstić information content (AvgIpc) is 3.02. The molecule has 0 aliphatic rings. The third kappa shape index (κ3) is 14.5. The number of alkyl halides is 1. The lowest BCUT2D eigenvalue weighted by Gasteiger charge is -2.27. The zero-order chi connectivity index (χ0) is 34.8. The molecule has 4 amide bonds. The van der Waals surface area contributed by atoms with Crippen LogP contribution in [-0.4, -0.2) is 97.8 Å². The molecule has 0 saturated heterocycles. The molecule has 0 aliphatic carbocycles. The summed E-state index contributed by atoms with van der Waals surface area (Å²) in [5.41, 5.74) is 0.712. The molecule has 0 saturated carbocycles. The molecule has 3 unspecified atom stereocenters. The van der Waals surface area contributed by atoms with Crippen molar-refractivity contribution in [2.45, 2.75) is 83.3 Å². The molecule has 0 spiro atoms. The van der Waals surface area contributed by atoms with E-state index in [1.165, 1.54) is 0 Å². The monoisotopic (exact) mass is 654 g/mol. The topological polar surface area (TPSA) is 216 Å². The van der Waals surface area contributed by atoms with Gasteiger partial charge in [0.2, 0.25) is 17.7 Å². The summed E-state index contributed by atoms with van der Waals surface area (Å²) in [5, 5.41) is 19.6. The third-order valence-corrected chi connectivity index (χ3v) is 6.52. The van der Waals surface area contributed by atoms with Gasteiger partial charge in [-0.05, 0) is 31.2 Å². The number of carbonyl (C=O) groups is 7. The Kier molecular flexibility index (Phi) is 17.5. The van der Waals surface area contributed by atoms with Gasteiger partial charge in [0.1, 0.15) is 37.4 Å². The standard InChI is InChI=1S/C30H43FN4O11/c1-17(2)13-22(34-30(43)46-16-19-9-7-6-8-10-19)28(41)32-20(11-12-24(38)44-4)27(40)35-26(18(3)36)29(42)33-21(23(37)15-31)14-25(39)45-5/h6-10,17-18,20-22,26,36H,11-16H2,1-5H3,(H,32,41)(H,33,42)(H,34,43)(H,35,40)/t18-,20?,21?,22+,26?/m1/s1. The number of benzene rings is 1. The summed E-state index contributed by atoms with van der Waals surface area (Å²) in [6, 6.07) is 2.78. The number of nitrogens with one attached hydrogen (secondary N) is 4. The maximum atomic E-state index is 13.3. The van der Waals surface area contributed by atoms with Crippen molar-refractivity contribution < 1.29 is 57.3 Å². The van der Waals surface area contributed by atoms with E-state index in [1.807, 2.05) is 0 Å². The summed E-state index contributed by atoms with van der Waals surface area (Å²) in [7, 11) is 2.15. The van der Waals surface area contributed by atoms with E-state index in [0.29, 0.717) is 5.56 Å². The number of ketones is 1. The molecule has 0 aliphatic heterocycles. The van der Waals surface area contributed by atoms with Crippen LogP contribution in [0.4, 0.5) is 9.18 Å². The summed E-state index contributed by atoms with van der Waals surface area (Å²) in [6.45, 7) is 3.16. The quantitative estimate of drug-likeness (QED) is 0.100. The van der Waals surface area contributed by atoms with Crippen molar-refractivity contribution in [3.8, 4) is 0 Å². The molecule has 1 aromatic carbocycles. The maximum absolute atomic E-state index is 13.3. The normalized spacial score (nSPS) is 14.0. The summed E-state index contributed by atoms with van der Waals surface area (Å²) >= 11 is 0. The van der Waals surface area contributed by atoms with Crippen LogP contribution in [0.15, 0.2) is 30.3 Å². The molecule has 15 nitrogen and oxygen atoms in total. The lowest BCUT2D eigenvalue weighted by atomic mass is 10.0. The van der Waals surface area contributed by atoms with E-state index in [1.54, 1.807) is 44.2 Å². The van der Waals surface area contributed by atoms with Gasteiger partial charge in [-0.2, -0.15) is 0 Å². The molecule has 1 aromatic rings. The SMILES string of the molecule is COC(=O)CCC(NC(=O)[C@H](CC(C)C)NC(=O)OCc1ccccc1)C(=O)NC(C(=O)NC(CC(=O)OC)C(=O)CF)[C@@H](C)O. The van der Waals surface area contributed by atoms with Crippen molar-refractivity contribution in [1.82, 2.24) is 21.3 Å². The predicted octanol–water partition coefficient (Wildman–Crippen LogP) is 0.218. The van der Waals surface area contributed by atoms with Crippen molar-refractivity contribution >= 4 is 41.5 Å². The largest absolute Gasteiger partial charge is 0.469 e. The summed E-state index contributed by atoms with van der Waals surface area (Å²) < 4.78 is 27.4. The minimum absolute atomic E-state index is 0.0624. The van der Waals surface area contributed by atoms with Crippen molar-refractivity contribution in [3.63, 3.8) is 0 Å². The first-order chi connectivity index (χ1) is 21.7. The molecule has 16 heteroatoms. The predicted molar refractivity (Wildman–Crippen MR) is 159 cm³/mol. The number of aliphatic hydroxyl groups excluding tert-OH is 1. The van der Waals surface area contributed by atoms with Crippen LogP contribution in [0.5, 0.6) is 0 Å². The number of aliphatic hydroxyl groups is 1. The molecule has 256 valence electrons. The van der Waals surface area contributed by atoms with Crippen LogP contribution in [0.1, 0.15) is 52.0 Å². The third-order valence-electron chi connectivity index (χ3n) is 6.52. The number of Topliss-reactive ketones (excluding diaryl/α,β-unsaturated/α-hetero) is 1. The maximum Gasteiger partial charge on any atom is 0.408 e. The molecule has 5 atom stereocenters. The minimum Gasteiger partial charge on any atom is -0.469 e. The Morgan fingerprint density at radius 1 is 0.783 bits per heavy atom. The van der Waals surface area contributed by atoms with Crippen LogP contribution in [0.25, 0.3) is 0 Å². The second kappa shape index (κ2) is 20.4. The molecular formula is C30H43FN4O11. The van der Waals surface area contributed by atoms with Gasteiger partial charge >= 0.3 is 18.0 Å². The number of hydrogen-bond acceptors (Lipinski definition) is 11. The number of esters is 2. The number of carbonyl (C=O) groups excluding carboxylic acids is 7. The van der Waals surface area contributed by atoms with Gasteiger partial charge < -0.3 is 40.6 Å². The summed E-state index contributed by atoms with van der Waals surface area (Å²) in [4.78, 5) is 87.6. The molecule has 0 heterocycles. The molecule has 0 bridgehead atoms. The fourth-order valence-corrected chi connectivity index (χ4v) is 4.02. The van der Waals surface area contributed by atoms with E-state index < -0.39 is 84.9 Å². The van der Waals surface area contributed by atoms with Gasteiger partial charge in [-0.3, -0.25) is 28.8 Å². The van der Waals surface area contributed by atoms with Gasteiger partial charge in [-0.25, -0.2) is 9.18 Å². The Labute approximate surface area is 266 Å². The Hall–Kier alpha value is -4.60. The van der Waals surface area contributed by atoms with E-state index in [2.05, 4.69) is 30.7 Å². The first-order valence-corrected chi connectivity index (χ1v) is 14.5. The number of ether oxygens (including phenoxy) is 3. The van der Waals surface area contributed by atoms with Gasteiger partial charge in [-0.15, -0.1) is 0 Å². The highest BCUT2D eigenvalue weighted by molar-refractivity contribution is 5.97. The number of amides is 4. The molecular weight excluding hydrogens is 611 g/mol. The van der Waals surface area contributed by atoms with E-state index >= 15 is 0 Å². The second-order valence-corrected chi connectivity index (χ2v) is 10.7. The van der Waals surface area contributed by atoms with Crippen molar-refractivity contribution in [3.05, 3.63) is 35.9 Å². The molecule has 0 aromatic heterocycles. The first kappa shape index (κ1) is 39.4. The Balaban J connectivity index is 3.13. The summed E-state index contributed by atoms with van der Waals surface area (Å²) in [6.07, 6.45) is -3.68. The van der Waals surface area contributed by atoms with Crippen LogP contribution in [0.2, 0.25) is 0 Å². The van der Waals surface area contributed by atoms with E-state index in [-0.39, 0.29) is 31.8 Å². The Morgan fingerprint density at radius 3 is 1.91 bits per heavy atom. The molecule has 5 N–H and O–H groups in total. The molecule has 46 heavy (non-hydrogen) atoms.